The fourth-order valence-corrected chi connectivity index (χ4v) is 7.11. The summed E-state index contributed by atoms with van der Waals surface area (Å²) in [5, 5.41) is 1.21. The second-order valence-electron chi connectivity index (χ2n) is 11.1. The molecule has 3 aromatic rings. The molecule has 2 saturated heterocycles. The van der Waals surface area contributed by atoms with E-state index in [1.807, 2.05) is 6.20 Å². The van der Waals surface area contributed by atoms with Gasteiger partial charge in [-0.15, -0.1) is 11.3 Å². The molecule has 1 aliphatic carbocycles. The van der Waals surface area contributed by atoms with Gasteiger partial charge in [-0.3, -0.25) is 14.7 Å². The summed E-state index contributed by atoms with van der Waals surface area (Å²) in [5.74, 6) is 0.280. The van der Waals surface area contributed by atoms with Crippen LogP contribution in [0.15, 0.2) is 42.6 Å². The second kappa shape index (κ2) is 10.3. The quantitative estimate of drug-likeness (QED) is 0.458. The zero-order valence-corrected chi connectivity index (χ0v) is 22.6. The number of hydrogen-bond acceptors (Lipinski definition) is 7. The zero-order chi connectivity index (χ0) is 25.4. The molecule has 0 radical (unpaired) electrons. The third-order valence-electron chi connectivity index (χ3n) is 7.62. The molecule has 0 spiro atoms. The third-order valence-corrected chi connectivity index (χ3v) is 8.95. The van der Waals surface area contributed by atoms with Gasteiger partial charge in [0.15, 0.2) is 5.78 Å². The number of carbonyl (C=O) groups is 1. The SMILES string of the molecule is CC1(C)CC(=O)c2sc(N3CCOCC3)c(-c3ccnc(-c4cccc(CN5CCOCC5)c4)c3)c2C1. The van der Waals surface area contributed by atoms with Gasteiger partial charge in [0.05, 0.1) is 42.0 Å². The van der Waals surface area contributed by atoms with Gasteiger partial charge in [-0.2, -0.15) is 0 Å². The van der Waals surface area contributed by atoms with E-state index in [0.29, 0.717) is 6.42 Å². The lowest BCUT2D eigenvalue weighted by Gasteiger charge is -2.30. The summed E-state index contributed by atoms with van der Waals surface area (Å²) in [4.78, 5) is 23.8. The smallest absolute Gasteiger partial charge is 0.173 e. The van der Waals surface area contributed by atoms with Gasteiger partial charge in [-0.1, -0.05) is 32.0 Å². The van der Waals surface area contributed by atoms with Crippen LogP contribution >= 0.6 is 11.3 Å². The molecule has 0 atom stereocenters. The van der Waals surface area contributed by atoms with Crippen molar-refractivity contribution in [2.75, 3.05) is 57.5 Å². The lowest BCUT2D eigenvalue weighted by atomic mass is 9.75. The first kappa shape index (κ1) is 24.7. The first-order valence-corrected chi connectivity index (χ1v) is 14.2. The fraction of sp³-hybridized carbons (Fsp3) is 0.467. The summed E-state index contributed by atoms with van der Waals surface area (Å²) in [5.41, 5.74) is 6.93. The molecule has 3 aliphatic rings. The highest BCUT2D eigenvalue weighted by Gasteiger charge is 2.37. The van der Waals surface area contributed by atoms with E-state index < -0.39 is 0 Å². The van der Waals surface area contributed by atoms with Crippen LogP contribution in [0.5, 0.6) is 0 Å². The largest absolute Gasteiger partial charge is 0.379 e. The first-order valence-electron chi connectivity index (χ1n) is 13.3. The van der Waals surface area contributed by atoms with E-state index in [0.717, 1.165) is 87.3 Å². The van der Waals surface area contributed by atoms with Gasteiger partial charge >= 0.3 is 0 Å². The maximum Gasteiger partial charge on any atom is 0.173 e. The molecule has 1 aromatic carbocycles. The highest BCUT2D eigenvalue weighted by molar-refractivity contribution is 7.19. The number of anilines is 1. The van der Waals surface area contributed by atoms with Crippen LogP contribution in [0, 0.1) is 5.41 Å². The van der Waals surface area contributed by atoms with Crippen molar-refractivity contribution in [1.82, 2.24) is 9.88 Å². The van der Waals surface area contributed by atoms with Gasteiger partial charge in [-0.05, 0) is 46.7 Å². The molecule has 4 heterocycles. The second-order valence-corrected chi connectivity index (χ2v) is 12.1. The van der Waals surface area contributed by atoms with Crippen LogP contribution in [0.1, 0.15) is 41.1 Å². The number of ketones is 1. The molecular weight excluding hydrogens is 482 g/mol. The molecule has 2 aromatic heterocycles. The average Bonchev–Trinajstić information content (AvgIpc) is 3.29. The Balaban J connectivity index is 1.39. The minimum atomic E-state index is -0.0358. The Morgan fingerprint density at radius 3 is 2.49 bits per heavy atom. The van der Waals surface area contributed by atoms with Crippen molar-refractivity contribution in [3.05, 3.63) is 58.6 Å². The molecule has 2 aliphatic heterocycles. The van der Waals surface area contributed by atoms with Crippen molar-refractivity contribution >= 4 is 22.1 Å². The maximum absolute atomic E-state index is 13.2. The number of morpholine rings is 2. The van der Waals surface area contributed by atoms with E-state index >= 15 is 0 Å². The van der Waals surface area contributed by atoms with E-state index in [-0.39, 0.29) is 11.2 Å². The summed E-state index contributed by atoms with van der Waals surface area (Å²) in [6.45, 7) is 12.0. The number of hydrogen-bond donors (Lipinski definition) is 0. The van der Waals surface area contributed by atoms with Crippen molar-refractivity contribution in [3.63, 3.8) is 0 Å². The standard InChI is InChI=1S/C30H35N3O3S/c1-30(2)18-24-27(29(33-10-14-36-15-11-33)37-28(24)26(34)19-30)23-6-7-31-25(17-23)22-5-3-4-21(16-22)20-32-8-12-35-13-9-32/h3-7,16-17H,8-15,18-20H2,1-2H3. The molecule has 6 nitrogen and oxygen atoms in total. The van der Waals surface area contributed by atoms with Crippen molar-refractivity contribution < 1.29 is 14.3 Å². The number of fused-ring (bicyclic) bond motifs is 1. The molecule has 0 saturated carbocycles. The maximum atomic E-state index is 13.2. The predicted molar refractivity (Wildman–Crippen MR) is 149 cm³/mol. The Hall–Kier alpha value is -2.58. The highest BCUT2D eigenvalue weighted by atomic mass is 32.1. The number of thiophene rings is 1. The van der Waals surface area contributed by atoms with Crippen LogP contribution in [0.4, 0.5) is 5.00 Å². The van der Waals surface area contributed by atoms with Gasteiger partial charge in [0, 0.05) is 56.5 Å². The molecule has 37 heavy (non-hydrogen) atoms. The van der Waals surface area contributed by atoms with Crippen LogP contribution in [0.2, 0.25) is 0 Å². The minimum Gasteiger partial charge on any atom is -0.379 e. The number of rotatable bonds is 5. The molecule has 0 unspecified atom stereocenters. The topological polar surface area (TPSA) is 54.9 Å². The van der Waals surface area contributed by atoms with E-state index in [2.05, 4.69) is 60.0 Å². The van der Waals surface area contributed by atoms with Gasteiger partial charge in [0.2, 0.25) is 0 Å². The predicted octanol–water partition coefficient (Wildman–Crippen LogP) is 5.30. The van der Waals surface area contributed by atoms with Crippen molar-refractivity contribution in [3.8, 4) is 22.4 Å². The molecule has 2 fully saturated rings. The van der Waals surface area contributed by atoms with E-state index in [1.165, 1.54) is 21.7 Å². The van der Waals surface area contributed by atoms with Gasteiger partial charge in [-0.25, -0.2) is 0 Å². The van der Waals surface area contributed by atoms with Crippen molar-refractivity contribution in [1.29, 1.82) is 0 Å². The lowest BCUT2D eigenvalue weighted by molar-refractivity contribution is 0.0342. The minimum absolute atomic E-state index is 0.0358. The van der Waals surface area contributed by atoms with E-state index in [1.54, 1.807) is 11.3 Å². The average molecular weight is 518 g/mol. The van der Waals surface area contributed by atoms with Gasteiger partial charge in [0.1, 0.15) is 0 Å². The Labute approximate surface area is 223 Å². The normalized spacial score (nSPS) is 20.2. The molecule has 6 rings (SSSR count). The van der Waals surface area contributed by atoms with Crippen LogP contribution in [-0.2, 0) is 22.4 Å². The Morgan fingerprint density at radius 1 is 0.946 bits per heavy atom. The fourth-order valence-electron chi connectivity index (χ4n) is 5.78. The number of carbonyl (C=O) groups excluding carboxylic acids is 1. The molecule has 0 bridgehead atoms. The van der Waals surface area contributed by atoms with Crippen molar-refractivity contribution in [2.24, 2.45) is 5.41 Å². The lowest BCUT2D eigenvalue weighted by Crippen LogP contribution is -2.36. The Kier molecular flexibility index (Phi) is 6.88. The summed E-state index contributed by atoms with van der Waals surface area (Å²) in [7, 11) is 0. The summed E-state index contributed by atoms with van der Waals surface area (Å²) < 4.78 is 11.2. The number of ether oxygens (including phenoxy) is 2. The molecule has 7 heteroatoms. The number of benzene rings is 1. The summed E-state index contributed by atoms with van der Waals surface area (Å²) in [6, 6.07) is 13.1. The van der Waals surface area contributed by atoms with E-state index in [9.17, 15) is 4.79 Å². The van der Waals surface area contributed by atoms with Gasteiger partial charge in [0.25, 0.3) is 0 Å². The van der Waals surface area contributed by atoms with Gasteiger partial charge < -0.3 is 14.4 Å². The zero-order valence-electron chi connectivity index (χ0n) is 21.8. The number of nitrogens with zero attached hydrogens (tertiary/aromatic N) is 3. The number of aromatic nitrogens is 1. The van der Waals surface area contributed by atoms with Crippen LogP contribution in [0.25, 0.3) is 22.4 Å². The van der Waals surface area contributed by atoms with E-state index in [4.69, 9.17) is 14.5 Å². The summed E-state index contributed by atoms with van der Waals surface area (Å²) >= 11 is 1.68. The third kappa shape index (κ3) is 5.23. The molecule has 0 N–H and O–H groups in total. The first-order chi connectivity index (χ1) is 18.0. The molecule has 0 amide bonds. The van der Waals surface area contributed by atoms with Crippen LogP contribution in [0.3, 0.4) is 0 Å². The monoisotopic (exact) mass is 517 g/mol. The van der Waals surface area contributed by atoms with Crippen LogP contribution in [-0.4, -0.2) is 68.3 Å². The number of Topliss-reactive ketones (excluding diaryl/α,β-unsaturated/α-hetero) is 1. The molecular formula is C30H35N3O3S. The Morgan fingerprint density at radius 2 is 1.70 bits per heavy atom. The van der Waals surface area contributed by atoms with Crippen LogP contribution < -0.4 is 4.90 Å². The van der Waals surface area contributed by atoms with Crippen molar-refractivity contribution in [2.45, 2.75) is 33.2 Å². The highest BCUT2D eigenvalue weighted by Crippen LogP contribution is 2.49. The number of pyridine rings is 1. The Bertz CT molecular complexity index is 1290. The summed E-state index contributed by atoms with van der Waals surface area (Å²) in [6.07, 6.45) is 3.44. The molecule has 194 valence electrons.